The van der Waals surface area contributed by atoms with Crippen molar-refractivity contribution in [3.05, 3.63) is 35.4 Å². The van der Waals surface area contributed by atoms with Crippen LogP contribution in [0, 0.1) is 5.92 Å². The fourth-order valence-corrected chi connectivity index (χ4v) is 2.17. The van der Waals surface area contributed by atoms with Gasteiger partial charge in [-0.1, -0.05) is 38.1 Å². The Balaban J connectivity index is 2.05. The molecule has 2 nitrogen and oxygen atoms in total. The number of hydrogen-bond acceptors (Lipinski definition) is 1. The average Bonchev–Trinajstić information content (AvgIpc) is 3.08. The first kappa shape index (κ1) is 11.2. The van der Waals surface area contributed by atoms with Crippen molar-refractivity contribution >= 4 is 5.91 Å². The minimum atomic E-state index is 0.179. The molecule has 0 heterocycles. The summed E-state index contributed by atoms with van der Waals surface area (Å²) in [5.41, 5.74) is 2.67. The number of nitrogens with one attached hydrogen (secondary N) is 1. The summed E-state index contributed by atoms with van der Waals surface area (Å²) >= 11 is 0. The Labute approximate surface area is 97.1 Å². The third-order valence-corrected chi connectivity index (χ3v) is 3.40. The number of hydrogen-bond donors (Lipinski definition) is 1. The van der Waals surface area contributed by atoms with Crippen molar-refractivity contribution in [2.75, 3.05) is 7.05 Å². The highest BCUT2D eigenvalue weighted by molar-refractivity contribution is 5.82. The molecule has 2 unspecified atom stereocenters. The molecular weight excluding hydrogens is 198 g/mol. The second-order valence-electron chi connectivity index (χ2n) is 4.88. The van der Waals surface area contributed by atoms with Gasteiger partial charge >= 0.3 is 0 Å². The van der Waals surface area contributed by atoms with E-state index < -0.39 is 0 Å². The fourth-order valence-electron chi connectivity index (χ4n) is 2.17. The van der Waals surface area contributed by atoms with Crippen LogP contribution in [0.15, 0.2) is 24.3 Å². The molecule has 2 atom stereocenters. The number of benzene rings is 1. The van der Waals surface area contributed by atoms with E-state index in [1.54, 1.807) is 7.05 Å². The topological polar surface area (TPSA) is 29.1 Å². The van der Waals surface area contributed by atoms with Crippen molar-refractivity contribution in [2.24, 2.45) is 5.92 Å². The van der Waals surface area contributed by atoms with Crippen LogP contribution in [0.25, 0.3) is 0 Å². The molecule has 1 aromatic rings. The van der Waals surface area contributed by atoms with Gasteiger partial charge in [-0.2, -0.15) is 0 Å². The van der Waals surface area contributed by atoms with Crippen molar-refractivity contribution < 1.29 is 4.79 Å². The van der Waals surface area contributed by atoms with Gasteiger partial charge in [-0.15, -0.1) is 0 Å². The Hall–Kier alpha value is -1.31. The maximum atomic E-state index is 11.4. The zero-order chi connectivity index (χ0) is 11.7. The first-order chi connectivity index (χ1) is 7.63. The third kappa shape index (κ3) is 2.11. The minimum absolute atomic E-state index is 0.179. The Kier molecular flexibility index (Phi) is 2.99. The molecule has 1 fully saturated rings. The highest BCUT2D eigenvalue weighted by Gasteiger charge is 2.43. The fraction of sp³-hybridized carbons (Fsp3) is 0.500. The zero-order valence-corrected chi connectivity index (χ0v) is 10.2. The molecular formula is C14H19NO. The van der Waals surface area contributed by atoms with Gasteiger partial charge in [0.15, 0.2) is 0 Å². The lowest BCUT2D eigenvalue weighted by molar-refractivity contribution is -0.121. The lowest BCUT2D eigenvalue weighted by Gasteiger charge is -2.06. The van der Waals surface area contributed by atoms with E-state index in [9.17, 15) is 4.79 Å². The lowest BCUT2D eigenvalue weighted by atomic mass is 10.00. The van der Waals surface area contributed by atoms with Gasteiger partial charge in [0, 0.05) is 13.0 Å². The number of carbonyl (C=O) groups is 1. The van der Waals surface area contributed by atoms with Crippen LogP contribution >= 0.6 is 0 Å². The van der Waals surface area contributed by atoms with Gasteiger partial charge < -0.3 is 5.32 Å². The van der Waals surface area contributed by atoms with Crippen LogP contribution in [-0.4, -0.2) is 13.0 Å². The number of amides is 1. The molecule has 0 radical (unpaired) electrons. The third-order valence-electron chi connectivity index (χ3n) is 3.40. The molecule has 0 spiro atoms. The van der Waals surface area contributed by atoms with E-state index in [2.05, 4.69) is 43.4 Å². The molecule has 0 aromatic heterocycles. The monoisotopic (exact) mass is 217 g/mol. The molecule has 1 amide bonds. The van der Waals surface area contributed by atoms with Gasteiger partial charge in [-0.3, -0.25) is 4.79 Å². The minimum Gasteiger partial charge on any atom is -0.359 e. The molecule has 0 saturated heterocycles. The van der Waals surface area contributed by atoms with Crippen LogP contribution in [-0.2, 0) is 4.79 Å². The summed E-state index contributed by atoms with van der Waals surface area (Å²) < 4.78 is 0. The van der Waals surface area contributed by atoms with E-state index >= 15 is 0 Å². The van der Waals surface area contributed by atoms with Crippen LogP contribution in [0.1, 0.15) is 43.2 Å². The number of rotatable bonds is 3. The molecule has 1 saturated carbocycles. The molecule has 86 valence electrons. The Bertz CT molecular complexity index is 380. The van der Waals surface area contributed by atoms with E-state index in [0.29, 0.717) is 11.8 Å². The second kappa shape index (κ2) is 4.28. The summed E-state index contributed by atoms with van der Waals surface area (Å²) in [6, 6.07) is 8.70. The smallest absolute Gasteiger partial charge is 0.223 e. The van der Waals surface area contributed by atoms with Crippen LogP contribution in [0.2, 0.25) is 0 Å². The summed E-state index contributed by atoms with van der Waals surface area (Å²) in [5.74, 6) is 1.40. The maximum absolute atomic E-state index is 11.4. The van der Waals surface area contributed by atoms with Crippen molar-refractivity contribution in [2.45, 2.75) is 32.1 Å². The molecule has 2 rings (SSSR count). The maximum Gasteiger partial charge on any atom is 0.223 e. The lowest BCUT2D eigenvalue weighted by Crippen LogP contribution is -2.20. The molecule has 0 bridgehead atoms. The molecule has 0 aliphatic heterocycles. The predicted molar refractivity (Wildman–Crippen MR) is 65.4 cm³/mol. The highest BCUT2D eigenvalue weighted by atomic mass is 16.1. The summed E-state index contributed by atoms with van der Waals surface area (Å²) in [4.78, 5) is 11.4. The van der Waals surface area contributed by atoms with E-state index in [1.807, 2.05) is 0 Å². The zero-order valence-electron chi connectivity index (χ0n) is 10.2. The SMILES string of the molecule is CNC(=O)C1CC1c1ccc(C(C)C)cc1. The quantitative estimate of drug-likeness (QED) is 0.828. The molecule has 2 heteroatoms. The molecule has 1 aliphatic rings. The van der Waals surface area contributed by atoms with E-state index in [1.165, 1.54) is 11.1 Å². The Morgan fingerprint density at radius 1 is 1.31 bits per heavy atom. The van der Waals surface area contributed by atoms with Gasteiger partial charge in [0.05, 0.1) is 0 Å². The second-order valence-corrected chi connectivity index (χ2v) is 4.88. The average molecular weight is 217 g/mol. The van der Waals surface area contributed by atoms with Crippen molar-refractivity contribution in [3.8, 4) is 0 Å². The van der Waals surface area contributed by atoms with Crippen LogP contribution < -0.4 is 5.32 Å². The Morgan fingerprint density at radius 3 is 2.44 bits per heavy atom. The highest BCUT2D eigenvalue weighted by Crippen LogP contribution is 2.47. The van der Waals surface area contributed by atoms with Crippen LogP contribution in [0.5, 0.6) is 0 Å². The predicted octanol–water partition coefficient (Wildman–Crippen LogP) is 2.66. The summed E-state index contributed by atoms with van der Waals surface area (Å²) in [6.07, 6.45) is 1.00. The van der Waals surface area contributed by atoms with Gasteiger partial charge in [-0.25, -0.2) is 0 Å². The molecule has 16 heavy (non-hydrogen) atoms. The molecule has 1 aromatic carbocycles. The van der Waals surface area contributed by atoms with Gasteiger partial charge in [0.25, 0.3) is 0 Å². The van der Waals surface area contributed by atoms with Crippen molar-refractivity contribution in [1.29, 1.82) is 0 Å². The van der Waals surface area contributed by atoms with Gasteiger partial charge in [0.1, 0.15) is 0 Å². The largest absolute Gasteiger partial charge is 0.359 e. The normalized spacial score (nSPS) is 23.2. The standard InChI is InChI=1S/C14H19NO/c1-9(2)10-4-6-11(7-5-10)12-8-13(12)14(16)15-3/h4-7,9,12-13H,8H2,1-3H3,(H,15,16). The summed E-state index contributed by atoms with van der Waals surface area (Å²) in [5, 5.41) is 2.72. The molecule has 1 aliphatic carbocycles. The first-order valence-electron chi connectivity index (χ1n) is 5.95. The van der Waals surface area contributed by atoms with Gasteiger partial charge in [0.2, 0.25) is 5.91 Å². The van der Waals surface area contributed by atoms with Crippen LogP contribution in [0.4, 0.5) is 0 Å². The number of carbonyl (C=O) groups excluding carboxylic acids is 1. The Morgan fingerprint density at radius 2 is 1.94 bits per heavy atom. The van der Waals surface area contributed by atoms with Crippen molar-refractivity contribution in [1.82, 2.24) is 5.32 Å². The first-order valence-corrected chi connectivity index (χ1v) is 5.95. The van der Waals surface area contributed by atoms with E-state index in [0.717, 1.165) is 6.42 Å². The van der Waals surface area contributed by atoms with Gasteiger partial charge in [-0.05, 0) is 29.4 Å². The summed E-state index contributed by atoms with van der Waals surface area (Å²) in [6.45, 7) is 4.39. The van der Waals surface area contributed by atoms with Crippen molar-refractivity contribution in [3.63, 3.8) is 0 Å². The van der Waals surface area contributed by atoms with Crippen LogP contribution in [0.3, 0.4) is 0 Å². The molecule has 1 N–H and O–H groups in total. The van der Waals surface area contributed by atoms with E-state index in [4.69, 9.17) is 0 Å². The summed E-state index contributed by atoms with van der Waals surface area (Å²) in [7, 11) is 1.71. The van der Waals surface area contributed by atoms with E-state index in [-0.39, 0.29) is 11.8 Å².